The number of nitrogens with zero attached hydrogens (tertiary/aromatic N) is 1. The number of hydrogen-bond donors (Lipinski definition) is 1. The number of fused-ring (bicyclic) bond motifs is 1. The van der Waals surface area contributed by atoms with E-state index in [4.69, 9.17) is 9.47 Å². The molecule has 1 aliphatic heterocycles. The number of nitrogens with one attached hydrogen (secondary N) is 1. The van der Waals surface area contributed by atoms with Crippen molar-refractivity contribution in [1.82, 2.24) is 10.2 Å². The lowest BCUT2D eigenvalue weighted by Gasteiger charge is -2.24. The van der Waals surface area contributed by atoms with Gasteiger partial charge in [-0.1, -0.05) is 25.1 Å². The number of carbonyl (C=O) groups excluding carboxylic acids is 1. The van der Waals surface area contributed by atoms with Gasteiger partial charge in [0.2, 0.25) is 0 Å². The zero-order chi connectivity index (χ0) is 14.4. The number of likely N-dealkylation sites (N-methyl/N-ethyl adjacent to an activating group) is 1. The number of carbonyl (C=O) groups is 1. The summed E-state index contributed by atoms with van der Waals surface area (Å²) < 4.78 is 10.6. The molecule has 1 N–H and O–H groups in total. The third-order valence-corrected chi connectivity index (χ3v) is 3.41. The highest BCUT2D eigenvalue weighted by Crippen LogP contribution is 2.22. The first kappa shape index (κ1) is 14.8. The molecule has 1 unspecified atom stereocenters. The number of benzene rings is 1. The average Bonchev–Trinajstić information content (AvgIpc) is 2.67. The van der Waals surface area contributed by atoms with E-state index < -0.39 is 0 Å². The van der Waals surface area contributed by atoms with Gasteiger partial charge in [0.25, 0.3) is 0 Å². The average molecular weight is 278 g/mol. The van der Waals surface area contributed by atoms with Gasteiger partial charge in [-0.2, -0.15) is 0 Å². The van der Waals surface area contributed by atoms with E-state index in [0.29, 0.717) is 13.2 Å². The maximum absolute atomic E-state index is 11.8. The molecule has 0 bridgehead atoms. The third-order valence-electron chi connectivity index (χ3n) is 3.41. The van der Waals surface area contributed by atoms with Crippen molar-refractivity contribution < 1.29 is 14.3 Å². The Balaban J connectivity index is 2.03. The van der Waals surface area contributed by atoms with Crippen LogP contribution in [0.5, 0.6) is 5.75 Å². The number of ether oxygens (including phenoxy) is 2. The minimum atomic E-state index is -0.296. The van der Waals surface area contributed by atoms with Gasteiger partial charge in [0.05, 0.1) is 7.11 Å². The first-order chi connectivity index (χ1) is 9.74. The van der Waals surface area contributed by atoms with E-state index in [9.17, 15) is 4.79 Å². The van der Waals surface area contributed by atoms with Crippen molar-refractivity contribution in [3.05, 3.63) is 29.8 Å². The van der Waals surface area contributed by atoms with Gasteiger partial charge in [0, 0.05) is 25.2 Å². The summed E-state index contributed by atoms with van der Waals surface area (Å²) in [5.41, 5.74) is 1.16. The molecule has 5 heteroatoms. The fourth-order valence-corrected chi connectivity index (χ4v) is 2.41. The van der Waals surface area contributed by atoms with Gasteiger partial charge in [-0.05, 0) is 12.6 Å². The molecule has 0 saturated heterocycles. The molecule has 1 heterocycles. The molecule has 0 spiro atoms. The second kappa shape index (κ2) is 7.26. The van der Waals surface area contributed by atoms with Crippen LogP contribution < -0.4 is 10.1 Å². The summed E-state index contributed by atoms with van der Waals surface area (Å²) in [5.74, 6) is 0.721. The summed E-state index contributed by atoms with van der Waals surface area (Å²) in [6.45, 7) is 5.56. The van der Waals surface area contributed by atoms with E-state index in [1.54, 1.807) is 0 Å². The zero-order valence-electron chi connectivity index (χ0n) is 12.1. The fourth-order valence-electron chi connectivity index (χ4n) is 2.41. The Hall–Kier alpha value is -1.59. The number of esters is 1. The van der Waals surface area contributed by atoms with Crippen molar-refractivity contribution in [2.24, 2.45) is 0 Å². The number of methoxy groups -OCH3 is 1. The fraction of sp³-hybridized carbons (Fsp3) is 0.533. The smallest absolute Gasteiger partial charge is 0.324 e. The van der Waals surface area contributed by atoms with Crippen LogP contribution in [0, 0.1) is 0 Å². The normalized spacial score (nSPS) is 16.7. The van der Waals surface area contributed by atoms with Gasteiger partial charge in [0.1, 0.15) is 18.4 Å². The van der Waals surface area contributed by atoms with Gasteiger partial charge in [-0.25, -0.2) is 0 Å². The van der Waals surface area contributed by atoms with Crippen molar-refractivity contribution in [3.8, 4) is 5.75 Å². The van der Waals surface area contributed by atoms with Gasteiger partial charge < -0.3 is 14.8 Å². The van der Waals surface area contributed by atoms with Gasteiger partial charge >= 0.3 is 5.97 Å². The number of rotatable bonds is 5. The van der Waals surface area contributed by atoms with Crippen LogP contribution in [0.25, 0.3) is 0 Å². The van der Waals surface area contributed by atoms with Crippen molar-refractivity contribution in [3.63, 3.8) is 0 Å². The Bertz CT molecular complexity index is 450. The summed E-state index contributed by atoms with van der Waals surface area (Å²) in [6, 6.07) is 7.74. The molecular formula is C15H22N2O3. The van der Waals surface area contributed by atoms with Crippen LogP contribution in [-0.2, 0) is 16.1 Å². The monoisotopic (exact) mass is 278 g/mol. The molecule has 1 aliphatic rings. The summed E-state index contributed by atoms with van der Waals surface area (Å²) in [5, 5.41) is 3.17. The predicted octanol–water partition coefficient (Wildman–Crippen LogP) is 1.03. The summed E-state index contributed by atoms with van der Waals surface area (Å²) >= 11 is 0. The highest BCUT2D eigenvalue weighted by Gasteiger charge is 2.23. The standard InChI is InChI=1S/C15H22N2O3/c1-3-16-13(15(18)19-2)11-17-8-9-20-14-7-5-4-6-12(14)10-17/h4-7,13,16H,3,8-11H2,1-2H3. The molecule has 0 saturated carbocycles. The molecule has 0 aromatic heterocycles. The van der Waals surface area contributed by atoms with Crippen LogP contribution in [-0.4, -0.2) is 50.3 Å². The first-order valence-electron chi connectivity index (χ1n) is 6.99. The Morgan fingerprint density at radius 1 is 1.50 bits per heavy atom. The summed E-state index contributed by atoms with van der Waals surface area (Å²) in [6.07, 6.45) is 0. The Morgan fingerprint density at radius 2 is 2.30 bits per heavy atom. The molecule has 1 aromatic carbocycles. The molecule has 110 valence electrons. The Labute approximate surface area is 119 Å². The van der Waals surface area contributed by atoms with E-state index >= 15 is 0 Å². The Morgan fingerprint density at radius 3 is 3.05 bits per heavy atom. The van der Waals surface area contributed by atoms with Crippen molar-refractivity contribution in [2.45, 2.75) is 19.5 Å². The van der Waals surface area contributed by atoms with E-state index in [1.165, 1.54) is 7.11 Å². The topological polar surface area (TPSA) is 50.8 Å². The van der Waals surface area contributed by atoms with Crippen LogP contribution in [0.1, 0.15) is 12.5 Å². The minimum absolute atomic E-state index is 0.217. The summed E-state index contributed by atoms with van der Waals surface area (Å²) in [4.78, 5) is 14.0. The maximum atomic E-state index is 11.8. The molecular weight excluding hydrogens is 256 g/mol. The van der Waals surface area contributed by atoms with Crippen molar-refractivity contribution >= 4 is 5.97 Å². The summed E-state index contributed by atoms with van der Waals surface area (Å²) in [7, 11) is 1.42. The maximum Gasteiger partial charge on any atom is 0.324 e. The lowest BCUT2D eigenvalue weighted by molar-refractivity contribution is -0.143. The minimum Gasteiger partial charge on any atom is -0.492 e. The van der Waals surface area contributed by atoms with Crippen LogP contribution in [0.15, 0.2) is 24.3 Å². The zero-order valence-corrected chi connectivity index (χ0v) is 12.1. The number of para-hydroxylation sites is 1. The van der Waals surface area contributed by atoms with Crippen LogP contribution >= 0.6 is 0 Å². The first-order valence-corrected chi connectivity index (χ1v) is 6.99. The Kier molecular flexibility index (Phi) is 5.38. The van der Waals surface area contributed by atoms with Crippen LogP contribution in [0.4, 0.5) is 0 Å². The van der Waals surface area contributed by atoms with E-state index in [-0.39, 0.29) is 12.0 Å². The lowest BCUT2D eigenvalue weighted by atomic mass is 10.2. The lowest BCUT2D eigenvalue weighted by Crippen LogP contribution is -2.47. The molecule has 0 amide bonds. The third kappa shape index (κ3) is 3.71. The predicted molar refractivity (Wildman–Crippen MR) is 76.7 cm³/mol. The van der Waals surface area contributed by atoms with Gasteiger partial charge in [-0.3, -0.25) is 9.69 Å². The molecule has 0 fully saturated rings. The van der Waals surface area contributed by atoms with Crippen LogP contribution in [0.3, 0.4) is 0 Å². The van der Waals surface area contributed by atoms with E-state index in [1.807, 2.05) is 25.1 Å². The molecule has 0 radical (unpaired) electrons. The molecule has 1 atom stereocenters. The van der Waals surface area contributed by atoms with Crippen LogP contribution in [0.2, 0.25) is 0 Å². The highest BCUT2D eigenvalue weighted by atomic mass is 16.5. The van der Waals surface area contributed by atoms with Crippen molar-refractivity contribution in [2.75, 3.05) is 33.4 Å². The quantitative estimate of drug-likeness (QED) is 0.815. The molecule has 2 rings (SSSR count). The molecule has 0 aliphatic carbocycles. The SMILES string of the molecule is CCNC(CN1CCOc2ccccc2C1)C(=O)OC. The molecule has 20 heavy (non-hydrogen) atoms. The largest absolute Gasteiger partial charge is 0.492 e. The second-order valence-corrected chi connectivity index (χ2v) is 4.82. The van der Waals surface area contributed by atoms with E-state index in [0.717, 1.165) is 30.9 Å². The molecule has 1 aromatic rings. The van der Waals surface area contributed by atoms with E-state index in [2.05, 4.69) is 16.3 Å². The highest BCUT2D eigenvalue weighted by molar-refractivity contribution is 5.75. The van der Waals surface area contributed by atoms with Crippen molar-refractivity contribution in [1.29, 1.82) is 0 Å². The second-order valence-electron chi connectivity index (χ2n) is 4.82. The van der Waals surface area contributed by atoms with Gasteiger partial charge in [-0.15, -0.1) is 0 Å². The molecule has 5 nitrogen and oxygen atoms in total. The van der Waals surface area contributed by atoms with Gasteiger partial charge in [0.15, 0.2) is 0 Å². The number of hydrogen-bond acceptors (Lipinski definition) is 5.